The topological polar surface area (TPSA) is 60.0 Å². The zero-order chi connectivity index (χ0) is 15.5. The third kappa shape index (κ3) is 3.35. The fourth-order valence-electron chi connectivity index (χ4n) is 2.19. The molecule has 2 aromatic heterocycles. The second-order valence-corrected chi connectivity index (χ2v) is 5.67. The molecule has 0 fully saturated rings. The van der Waals surface area contributed by atoms with Crippen LogP contribution in [0.25, 0.3) is 5.69 Å². The normalized spacial score (nSPS) is 11.3. The SMILES string of the molecule is Cc1nonc1CN(C)Cc1cnn(-c2ccc(Cl)cc2)c1. The molecule has 1 aromatic carbocycles. The number of aryl methyl sites for hydroxylation is 1. The summed E-state index contributed by atoms with van der Waals surface area (Å²) in [5.74, 6) is 0. The van der Waals surface area contributed by atoms with E-state index in [4.69, 9.17) is 16.2 Å². The number of hydrogen-bond donors (Lipinski definition) is 0. The molecule has 7 heteroatoms. The lowest BCUT2D eigenvalue weighted by Gasteiger charge is -2.13. The van der Waals surface area contributed by atoms with Crippen molar-refractivity contribution in [2.24, 2.45) is 0 Å². The molecule has 0 aliphatic carbocycles. The van der Waals surface area contributed by atoms with E-state index in [-0.39, 0.29) is 0 Å². The van der Waals surface area contributed by atoms with Crippen molar-refractivity contribution < 1.29 is 4.63 Å². The number of nitrogens with zero attached hydrogens (tertiary/aromatic N) is 5. The highest BCUT2D eigenvalue weighted by Crippen LogP contribution is 2.14. The first kappa shape index (κ1) is 14.7. The van der Waals surface area contributed by atoms with Crippen molar-refractivity contribution in [3.05, 3.63) is 58.6 Å². The predicted octanol–water partition coefficient (Wildman–Crippen LogP) is 2.85. The zero-order valence-electron chi connectivity index (χ0n) is 12.4. The Kier molecular flexibility index (Phi) is 4.22. The quantitative estimate of drug-likeness (QED) is 0.724. The second kappa shape index (κ2) is 6.29. The summed E-state index contributed by atoms with van der Waals surface area (Å²) in [5.41, 5.74) is 3.78. The van der Waals surface area contributed by atoms with Gasteiger partial charge in [0.2, 0.25) is 0 Å². The van der Waals surface area contributed by atoms with Crippen LogP contribution >= 0.6 is 11.6 Å². The fourth-order valence-corrected chi connectivity index (χ4v) is 2.32. The number of rotatable bonds is 5. The molecule has 0 aliphatic heterocycles. The largest absolute Gasteiger partial charge is 0.296 e. The van der Waals surface area contributed by atoms with Crippen molar-refractivity contribution in [2.75, 3.05) is 7.05 Å². The third-order valence-corrected chi connectivity index (χ3v) is 3.60. The maximum atomic E-state index is 5.90. The molecule has 0 atom stereocenters. The van der Waals surface area contributed by atoms with Gasteiger partial charge in [0.05, 0.1) is 11.9 Å². The Bertz CT molecular complexity index is 749. The minimum Gasteiger partial charge on any atom is -0.296 e. The lowest BCUT2D eigenvalue weighted by molar-refractivity contribution is 0.279. The summed E-state index contributed by atoms with van der Waals surface area (Å²) >= 11 is 5.90. The molecular weight excluding hydrogens is 302 g/mol. The van der Waals surface area contributed by atoms with Crippen molar-refractivity contribution in [3.63, 3.8) is 0 Å². The van der Waals surface area contributed by atoms with Gasteiger partial charge >= 0.3 is 0 Å². The van der Waals surface area contributed by atoms with Crippen LogP contribution < -0.4 is 0 Å². The molecule has 3 aromatic rings. The molecule has 6 nitrogen and oxygen atoms in total. The van der Waals surface area contributed by atoms with E-state index in [0.717, 1.165) is 29.2 Å². The van der Waals surface area contributed by atoms with Gasteiger partial charge in [0.1, 0.15) is 11.4 Å². The molecule has 0 bridgehead atoms. The summed E-state index contributed by atoms with van der Waals surface area (Å²) < 4.78 is 6.55. The number of aromatic nitrogens is 4. The lowest BCUT2D eigenvalue weighted by atomic mass is 10.3. The van der Waals surface area contributed by atoms with E-state index in [1.807, 2.05) is 55.3 Å². The van der Waals surface area contributed by atoms with E-state index in [1.54, 1.807) is 0 Å². The smallest absolute Gasteiger partial charge is 0.122 e. The molecule has 2 heterocycles. The molecule has 0 saturated heterocycles. The van der Waals surface area contributed by atoms with E-state index < -0.39 is 0 Å². The van der Waals surface area contributed by atoms with Crippen molar-refractivity contribution >= 4 is 11.6 Å². The van der Waals surface area contributed by atoms with Gasteiger partial charge in [-0.05, 0) is 38.2 Å². The fraction of sp³-hybridized carbons (Fsp3) is 0.267. The summed E-state index contributed by atoms with van der Waals surface area (Å²) in [6, 6.07) is 7.58. The van der Waals surface area contributed by atoms with E-state index in [9.17, 15) is 0 Å². The van der Waals surface area contributed by atoms with Crippen LogP contribution in [0.3, 0.4) is 0 Å². The molecular formula is C15H16ClN5O. The molecule has 0 spiro atoms. The first-order valence-electron chi connectivity index (χ1n) is 6.88. The molecule has 0 N–H and O–H groups in total. The summed E-state index contributed by atoms with van der Waals surface area (Å²) in [7, 11) is 2.02. The third-order valence-electron chi connectivity index (χ3n) is 3.35. The summed E-state index contributed by atoms with van der Waals surface area (Å²) in [5, 5.41) is 12.8. The Morgan fingerprint density at radius 3 is 2.64 bits per heavy atom. The van der Waals surface area contributed by atoms with Crippen LogP contribution in [0.5, 0.6) is 0 Å². The highest BCUT2D eigenvalue weighted by molar-refractivity contribution is 6.30. The van der Waals surface area contributed by atoms with Crippen LogP contribution in [-0.4, -0.2) is 32.0 Å². The van der Waals surface area contributed by atoms with Crippen molar-refractivity contribution in [1.82, 2.24) is 25.0 Å². The monoisotopic (exact) mass is 317 g/mol. The maximum absolute atomic E-state index is 5.90. The van der Waals surface area contributed by atoms with Crippen LogP contribution in [0.2, 0.25) is 5.02 Å². The Labute approximate surface area is 133 Å². The van der Waals surface area contributed by atoms with Gasteiger partial charge < -0.3 is 0 Å². The average Bonchev–Trinajstić information content (AvgIpc) is 3.10. The number of hydrogen-bond acceptors (Lipinski definition) is 5. The molecule has 3 rings (SSSR count). The first-order chi connectivity index (χ1) is 10.6. The number of benzene rings is 1. The maximum Gasteiger partial charge on any atom is 0.122 e. The summed E-state index contributed by atoms with van der Waals surface area (Å²) in [4.78, 5) is 2.13. The number of halogens is 1. The van der Waals surface area contributed by atoms with E-state index in [0.29, 0.717) is 11.6 Å². The van der Waals surface area contributed by atoms with Crippen molar-refractivity contribution in [3.8, 4) is 5.69 Å². The highest BCUT2D eigenvalue weighted by Gasteiger charge is 2.10. The van der Waals surface area contributed by atoms with Gasteiger partial charge in [0, 0.05) is 29.9 Å². The van der Waals surface area contributed by atoms with Gasteiger partial charge in [-0.25, -0.2) is 9.31 Å². The lowest BCUT2D eigenvalue weighted by Crippen LogP contribution is -2.17. The Balaban J connectivity index is 1.66. The Morgan fingerprint density at radius 1 is 1.18 bits per heavy atom. The van der Waals surface area contributed by atoms with Gasteiger partial charge in [0.25, 0.3) is 0 Å². The standard InChI is InChI=1S/C15H16ClN5O/c1-11-15(19-22-18-11)10-20(2)8-12-7-17-21(9-12)14-5-3-13(16)4-6-14/h3-7,9H,8,10H2,1-2H3. The van der Waals surface area contributed by atoms with E-state index in [2.05, 4.69) is 20.3 Å². The van der Waals surface area contributed by atoms with Crippen molar-refractivity contribution in [1.29, 1.82) is 0 Å². The molecule has 0 radical (unpaired) electrons. The van der Waals surface area contributed by atoms with Gasteiger partial charge in [-0.1, -0.05) is 21.9 Å². The van der Waals surface area contributed by atoms with Crippen LogP contribution in [0, 0.1) is 6.92 Å². The minimum atomic E-state index is 0.682. The van der Waals surface area contributed by atoms with Gasteiger partial charge in [-0.2, -0.15) is 5.10 Å². The Hall–Kier alpha value is -2.18. The van der Waals surface area contributed by atoms with Crippen LogP contribution in [0.4, 0.5) is 0 Å². The van der Waals surface area contributed by atoms with Gasteiger partial charge in [-0.3, -0.25) is 4.90 Å². The predicted molar refractivity (Wildman–Crippen MR) is 82.8 cm³/mol. The molecule has 0 aliphatic rings. The summed E-state index contributed by atoms with van der Waals surface area (Å²) in [6.07, 6.45) is 3.87. The molecule has 0 unspecified atom stereocenters. The van der Waals surface area contributed by atoms with E-state index >= 15 is 0 Å². The molecule has 0 amide bonds. The molecule has 22 heavy (non-hydrogen) atoms. The average molecular weight is 318 g/mol. The van der Waals surface area contributed by atoms with E-state index in [1.165, 1.54) is 0 Å². The minimum absolute atomic E-state index is 0.682. The zero-order valence-corrected chi connectivity index (χ0v) is 13.2. The Morgan fingerprint density at radius 2 is 1.95 bits per heavy atom. The van der Waals surface area contributed by atoms with Crippen LogP contribution in [0.1, 0.15) is 17.0 Å². The molecule has 0 saturated carbocycles. The van der Waals surface area contributed by atoms with Crippen LogP contribution in [-0.2, 0) is 13.1 Å². The molecule has 114 valence electrons. The van der Waals surface area contributed by atoms with Gasteiger partial charge in [-0.15, -0.1) is 0 Å². The van der Waals surface area contributed by atoms with Gasteiger partial charge in [0.15, 0.2) is 0 Å². The highest BCUT2D eigenvalue weighted by atomic mass is 35.5. The second-order valence-electron chi connectivity index (χ2n) is 5.24. The van der Waals surface area contributed by atoms with Crippen LogP contribution in [0.15, 0.2) is 41.3 Å². The van der Waals surface area contributed by atoms with Crippen molar-refractivity contribution in [2.45, 2.75) is 20.0 Å². The summed E-state index contributed by atoms with van der Waals surface area (Å²) in [6.45, 7) is 3.33. The first-order valence-corrected chi connectivity index (χ1v) is 7.25.